The molecule has 2 rings (SSSR count). The van der Waals surface area contributed by atoms with Gasteiger partial charge in [0.05, 0.1) is 0 Å². The van der Waals surface area contributed by atoms with Gasteiger partial charge in [-0.3, -0.25) is 9.69 Å². The van der Waals surface area contributed by atoms with Crippen molar-refractivity contribution in [2.24, 2.45) is 11.7 Å². The van der Waals surface area contributed by atoms with Crippen molar-refractivity contribution in [1.82, 2.24) is 10.2 Å². The quantitative estimate of drug-likeness (QED) is 0.857. The van der Waals surface area contributed by atoms with Crippen LogP contribution < -0.4 is 11.1 Å². The Morgan fingerprint density at radius 1 is 1.35 bits per heavy atom. The molecule has 1 amide bonds. The number of carbonyl (C=O) groups excluding carboxylic acids is 1. The SMILES string of the molecule is CNC(=O)C1CCN(C(CCN)c2ccccc2)CC1. The Labute approximate surface area is 121 Å². The molecule has 1 atom stereocenters. The molecule has 1 aliphatic heterocycles. The summed E-state index contributed by atoms with van der Waals surface area (Å²) < 4.78 is 0. The van der Waals surface area contributed by atoms with Crippen LogP contribution in [0.3, 0.4) is 0 Å². The number of carbonyl (C=O) groups is 1. The number of amides is 1. The number of nitrogens with two attached hydrogens (primary N) is 1. The highest BCUT2D eigenvalue weighted by molar-refractivity contribution is 5.78. The molecule has 1 fully saturated rings. The van der Waals surface area contributed by atoms with E-state index in [0.29, 0.717) is 12.6 Å². The van der Waals surface area contributed by atoms with Crippen LogP contribution in [0.25, 0.3) is 0 Å². The maximum absolute atomic E-state index is 11.7. The third kappa shape index (κ3) is 3.58. The van der Waals surface area contributed by atoms with E-state index in [1.807, 2.05) is 6.07 Å². The summed E-state index contributed by atoms with van der Waals surface area (Å²) in [6, 6.07) is 10.9. The van der Waals surface area contributed by atoms with E-state index in [4.69, 9.17) is 5.73 Å². The van der Waals surface area contributed by atoms with Crippen LogP contribution in [0.15, 0.2) is 30.3 Å². The molecule has 1 saturated heterocycles. The van der Waals surface area contributed by atoms with Crippen LogP contribution in [0.4, 0.5) is 0 Å². The van der Waals surface area contributed by atoms with Gasteiger partial charge in [-0.1, -0.05) is 30.3 Å². The Hall–Kier alpha value is -1.39. The van der Waals surface area contributed by atoms with Crippen LogP contribution in [-0.2, 0) is 4.79 Å². The summed E-state index contributed by atoms with van der Waals surface area (Å²) in [4.78, 5) is 14.2. The highest BCUT2D eigenvalue weighted by Gasteiger charge is 2.28. The van der Waals surface area contributed by atoms with Crippen LogP contribution in [0.5, 0.6) is 0 Å². The van der Waals surface area contributed by atoms with E-state index in [1.165, 1.54) is 5.56 Å². The van der Waals surface area contributed by atoms with E-state index in [-0.39, 0.29) is 11.8 Å². The number of piperidine rings is 1. The minimum absolute atomic E-state index is 0.172. The van der Waals surface area contributed by atoms with Crippen LogP contribution >= 0.6 is 0 Å². The van der Waals surface area contributed by atoms with Gasteiger partial charge in [0.15, 0.2) is 0 Å². The van der Waals surface area contributed by atoms with E-state index in [1.54, 1.807) is 7.05 Å². The van der Waals surface area contributed by atoms with Crippen LogP contribution in [0.1, 0.15) is 30.9 Å². The zero-order chi connectivity index (χ0) is 14.4. The Kier molecular flexibility index (Phi) is 5.56. The summed E-state index contributed by atoms with van der Waals surface area (Å²) in [5.74, 6) is 0.352. The molecule has 0 bridgehead atoms. The van der Waals surface area contributed by atoms with Gasteiger partial charge in [-0.25, -0.2) is 0 Å². The Morgan fingerprint density at radius 3 is 2.55 bits per heavy atom. The maximum atomic E-state index is 11.7. The number of likely N-dealkylation sites (tertiary alicyclic amines) is 1. The molecule has 0 aliphatic carbocycles. The van der Waals surface area contributed by atoms with Crippen LogP contribution in [0.2, 0.25) is 0 Å². The average Bonchev–Trinajstić information content (AvgIpc) is 2.53. The molecule has 0 spiro atoms. The van der Waals surface area contributed by atoms with Crippen molar-refractivity contribution in [2.45, 2.75) is 25.3 Å². The normalized spacial score (nSPS) is 18.7. The topological polar surface area (TPSA) is 58.4 Å². The van der Waals surface area contributed by atoms with Crippen molar-refractivity contribution in [2.75, 3.05) is 26.7 Å². The molecule has 0 radical (unpaired) electrons. The van der Waals surface area contributed by atoms with E-state index < -0.39 is 0 Å². The highest BCUT2D eigenvalue weighted by Crippen LogP contribution is 2.29. The second kappa shape index (κ2) is 7.41. The molecule has 110 valence electrons. The fourth-order valence-corrected chi connectivity index (χ4v) is 3.07. The summed E-state index contributed by atoms with van der Waals surface area (Å²) in [5.41, 5.74) is 7.11. The first kappa shape index (κ1) is 15.0. The minimum atomic E-state index is 0.172. The van der Waals surface area contributed by atoms with Crippen molar-refractivity contribution < 1.29 is 4.79 Å². The maximum Gasteiger partial charge on any atom is 0.222 e. The highest BCUT2D eigenvalue weighted by atomic mass is 16.1. The lowest BCUT2D eigenvalue weighted by Gasteiger charge is -2.37. The fraction of sp³-hybridized carbons (Fsp3) is 0.562. The lowest BCUT2D eigenvalue weighted by atomic mass is 9.92. The van der Waals surface area contributed by atoms with E-state index >= 15 is 0 Å². The second-order valence-electron chi connectivity index (χ2n) is 5.43. The first-order valence-corrected chi connectivity index (χ1v) is 7.47. The number of nitrogens with zero attached hydrogens (tertiary/aromatic N) is 1. The Balaban J connectivity index is 2.00. The molecule has 0 aromatic heterocycles. The third-order valence-electron chi connectivity index (χ3n) is 4.21. The van der Waals surface area contributed by atoms with Crippen molar-refractivity contribution >= 4 is 5.91 Å². The molecular formula is C16H25N3O. The molecule has 1 heterocycles. The van der Waals surface area contributed by atoms with Crippen molar-refractivity contribution in [3.8, 4) is 0 Å². The predicted molar refractivity (Wildman–Crippen MR) is 81.2 cm³/mol. The molecule has 1 aromatic carbocycles. The largest absolute Gasteiger partial charge is 0.359 e. The van der Waals surface area contributed by atoms with E-state index in [2.05, 4.69) is 34.5 Å². The van der Waals surface area contributed by atoms with Gasteiger partial charge in [-0.2, -0.15) is 0 Å². The summed E-state index contributed by atoms with van der Waals surface area (Å²) >= 11 is 0. The number of rotatable bonds is 5. The monoisotopic (exact) mass is 275 g/mol. The van der Waals surface area contributed by atoms with Crippen LogP contribution in [0, 0.1) is 5.92 Å². The average molecular weight is 275 g/mol. The lowest BCUT2D eigenvalue weighted by Crippen LogP contribution is -2.41. The molecular weight excluding hydrogens is 250 g/mol. The van der Waals surface area contributed by atoms with Gasteiger partial charge in [0.1, 0.15) is 0 Å². The zero-order valence-electron chi connectivity index (χ0n) is 12.2. The fourth-order valence-electron chi connectivity index (χ4n) is 3.07. The first-order valence-electron chi connectivity index (χ1n) is 7.47. The standard InChI is InChI=1S/C16H25N3O/c1-18-16(20)14-8-11-19(12-9-14)15(7-10-17)13-5-3-2-4-6-13/h2-6,14-15H,7-12,17H2,1H3,(H,18,20). The minimum Gasteiger partial charge on any atom is -0.359 e. The summed E-state index contributed by atoms with van der Waals surface area (Å²) in [6.07, 6.45) is 2.84. The molecule has 0 saturated carbocycles. The number of hydrogen-bond donors (Lipinski definition) is 2. The molecule has 4 heteroatoms. The smallest absolute Gasteiger partial charge is 0.222 e. The van der Waals surface area contributed by atoms with Gasteiger partial charge in [0, 0.05) is 19.0 Å². The van der Waals surface area contributed by atoms with Gasteiger partial charge in [-0.05, 0) is 44.5 Å². The van der Waals surface area contributed by atoms with Crippen molar-refractivity contribution in [3.63, 3.8) is 0 Å². The predicted octanol–water partition coefficient (Wildman–Crippen LogP) is 1.53. The van der Waals surface area contributed by atoms with Gasteiger partial charge < -0.3 is 11.1 Å². The summed E-state index contributed by atoms with van der Waals surface area (Å²) in [6.45, 7) is 2.63. The van der Waals surface area contributed by atoms with Gasteiger partial charge in [0.2, 0.25) is 5.91 Å². The molecule has 1 aliphatic rings. The van der Waals surface area contributed by atoms with E-state index in [0.717, 1.165) is 32.4 Å². The summed E-state index contributed by atoms with van der Waals surface area (Å²) in [5, 5.41) is 2.76. The molecule has 4 nitrogen and oxygen atoms in total. The number of benzene rings is 1. The van der Waals surface area contributed by atoms with Gasteiger partial charge in [-0.15, -0.1) is 0 Å². The second-order valence-corrected chi connectivity index (χ2v) is 5.43. The van der Waals surface area contributed by atoms with Gasteiger partial charge >= 0.3 is 0 Å². The molecule has 1 unspecified atom stereocenters. The number of hydrogen-bond acceptors (Lipinski definition) is 3. The van der Waals surface area contributed by atoms with Crippen molar-refractivity contribution in [1.29, 1.82) is 0 Å². The molecule has 20 heavy (non-hydrogen) atoms. The molecule has 1 aromatic rings. The summed E-state index contributed by atoms with van der Waals surface area (Å²) in [7, 11) is 1.72. The lowest BCUT2D eigenvalue weighted by molar-refractivity contribution is -0.126. The zero-order valence-corrected chi connectivity index (χ0v) is 12.2. The van der Waals surface area contributed by atoms with Gasteiger partial charge in [0.25, 0.3) is 0 Å². The third-order valence-corrected chi connectivity index (χ3v) is 4.21. The Morgan fingerprint density at radius 2 is 2.00 bits per heavy atom. The number of nitrogens with one attached hydrogen (secondary N) is 1. The first-order chi connectivity index (χ1) is 9.76. The van der Waals surface area contributed by atoms with E-state index in [9.17, 15) is 4.79 Å². The van der Waals surface area contributed by atoms with Crippen LogP contribution in [-0.4, -0.2) is 37.5 Å². The Bertz CT molecular complexity index is 413. The van der Waals surface area contributed by atoms with Crippen molar-refractivity contribution in [3.05, 3.63) is 35.9 Å². The molecule has 3 N–H and O–H groups in total.